The molecule has 3 amide bonds. The van der Waals surface area contributed by atoms with E-state index in [0.29, 0.717) is 17.7 Å². The van der Waals surface area contributed by atoms with E-state index in [9.17, 15) is 24.3 Å². The number of aromatic amines is 2. The van der Waals surface area contributed by atoms with Crippen LogP contribution in [-0.2, 0) is 32.0 Å². The van der Waals surface area contributed by atoms with Gasteiger partial charge in [0.25, 0.3) is 0 Å². The Kier molecular flexibility index (Phi) is 11.7. The Morgan fingerprint density at radius 1 is 0.976 bits per heavy atom. The number of hydrogen-bond donors (Lipinski definition) is 10. The van der Waals surface area contributed by atoms with Crippen molar-refractivity contribution in [1.82, 2.24) is 30.9 Å². The lowest BCUT2D eigenvalue weighted by molar-refractivity contribution is -0.142. The van der Waals surface area contributed by atoms with Gasteiger partial charge in [-0.2, -0.15) is 12.6 Å². The fourth-order valence-corrected chi connectivity index (χ4v) is 4.39. The molecule has 0 aliphatic rings. The summed E-state index contributed by atoms with van der Waals surface area (Å²) in [5.41, 5.74) is 18.5. The number of carbonyl (C=O) groups is 4. The van der Waals surface area contributed by atoms with Gasteiger partial charge >= 0.3 is 5.97 Å². The third-order valence-corrected chi connectivity index (χ3v) is 6.83. The number of guanidine groups is 1. The Morgan fingerprint density at radius 2 is 1.67 bits per heavy atom. The second-order valence-electron chi connectivity index (χ2n) is 9.60. The fourth-order valence-electron chi connectivity index (χ4n) is 4.22. The topological polar surface area (TPSA) is 259 Å². The maximum Gasteiger partial charge on any atom is 0.326 e. The molecule has 0 bridgehead atoms. The van der Waals surface area contributed by atoms with E-state index in [0.717, 1.165) is 10.9 Å². The first kappa shape index (κ1) is 32.0. The summed E-state index contributed by atoms with van der Waals surface area (Å²) >= 11 is 4.02. The van der Waals surface area contributed by atoms with Crippen LogP contribution in [0.15, 0.2) is 48.0 Å². The van der Waals surface area contributed by atoms with E-state index < -0.39 is 47.9 Å². The molecule has 2 aromatic heterocycles. The molecule has 0 aliphatic heterocycles. The highest BCUT2D eigenvalue weighted by Gasteiger charge is 2.31. The maximum atomic E-state index is 13.5. The van der Waals surface area contributed by atoms with Crippen molar-refractivity contribution in [3.05, 3.63) is 54.2 Å². The molecular formula is C26H36N10O5S. The van der Waals surface area contributed by atoms with Gasteiger partial charge in [0.1, 0.15) is 18.1 Å². The molecule has 4 atom stereocenters. The Labute approximate surface area is 246 Å². The van der Waals surface area contributed by atoms with E-state index in [-0.39, 0.29) is 37.5 Å². The van der Waals surface area contributed by atoms with Gasteiger partial charge in [-0.05, 0) is 24.5 Å². The van der Waals surface area contributed by atoms with Gasteiger partial charge < -0.3 is 48.2 Å². The number of aliphatic carboxylic acids is 1. The van der Waals surface area contributed by atoms with E-state index in [1.165, 1.54) is 12.5 Å². The van der Waals surface area contributed by atoms with Crippen LogP contribution in [0.2, 0.25) is 0 Å². The lowest BCUT2D eigenvalue weighted by atomic mass is 10.0. The lowest BCUT2D eigenvalue weighted by Crippen LogP contribution is -2.58. The summed E-state index contributed by atoms with van der Waals surface area (Å²) in [4.78, 5) is 65.2. The molecule has 226 valence electrons. The molecule has 0 radical (unpaired) electrons. The third kappa shape index (κ3) is 9.24. The number of amides is 3. The first-order chi connectivity index (χ1) is 20.1. The Morgan fingerprint density at radius 3 is 2.33 bits per heavy atom. The number of carbonyl (C=O) groups excluding carboxylic acids is 3. The minimum absolute atomic E-state index is 0.000894. The normalized spacial score (nSPS) is 13.9. The summed E-state index contributed by atoms with van der Waals surface area (Å²) in [6.07, 6.45) is 5.02. The predicted octanol–water partition coefficient (Wildman–Crippen LogP) is -1.47. The summed E-state index contributed by atoms with van der Waals surface area (Å²) in [6, 6.07) is 2.84. The highest BCUT2D eigenvalue weighted by Crippen LogP contribution is 2.19. The van der Waals surface area contributed by atoms with Crippen molar-refractivity contribution in [2.24, 2.45) is 22.2 Å². The highest BCUT2D eigenvalue weighted by molar-refractivity contribution is 7.80. The number of fused-ring (bicyclic) bond motifs is 1. The van der Waals surface area contributed by atoms with Crippen LogP contribution >= 0.6 is 12.6 Å². The van der Waals surface area contributed by atoms with Crippen molar-refractivity contribution in [3.8, 4) is 0 Å². The lowest BCUT2D eigenvalue weighted by Gasteiger charge is -2.25. The van der Waals surface area contributed by atoms with Gasteiger partial charge in [-0.15, -0.1) is 0 Å². The van der Waals surface area contributed by atoms with Crippen LogP contribution in [-0.4, -0.2) is 86.2 Å². The van der Waals surface area contributed by atoms with Crippen molar-refractivity contribution in [3.63, 3.8) is 0 Å². The van der Waals surface area contributed by atoms with Crippen molar-refractivity contribution in [1.29, 1.82) is 0 Å². The second kappa shape index (κ2) is 15.4. The second-order valence-corrected chi connectivity index (χ2v) is 9.97. The molecule has 4 unspecified atom stereocenters. The van der Waals surface area contributed by atoms with Crippen molar-refractivity contribution >= 4 is 53.2 Å². The first-order valence-electron chi connectivity index (χ1n) is 13.2. The number of carboxylic acids is 1. The smallest absolute Gasteiger partial charge is 0.326 e. The molecule has 0 saturated heterocycles. The van der Waals surface area contributed by atoms with Crippen LogP contribution in [0.1, 0.15) is 24.1 Å². The monoisotopic (exact) mass is 600 g/mol. The molecule has 16 heteroatoms. The third-order valence-electron chi connectivity index (χ3n) is 6.44. The number of thiol groups is 1. The summed E-state index contributed by atoms with van der Waals surface area (Å²) < 4.78 is 0. The number of aromatic nitrogens is 3. The summed E-state index contributed by atoms with van der Waals surface area (Å²) in [5, 5.41) is 18.5. The van der Waals surface area contributed by atoms with Crippen molar-refractivity contribution < 1.29 is 24.3 Å². The molecule has 12 N–H and O–H groups in total. The van der Waals surface area contributed by atoms with Crippen LogP contribution < -0.4 is 33.2 Å². The number of rotatable bonds is 16. The van der Waals surface area contributed by atoms with Gasteiger partial charge in [0.05, 0.1) is 12.4 Å². The van der Waals surface area contributed by atoms with Crippen LogP contribution in [0.25, 0.3) is 10.9 Å². The number of imidazole rings is 1. The van der Waals surface area contributed by atoms with Gasteiger partial charge in [-0.3, -0.25) is 19.4 Å². The van der Waals surface area contributed by atoms with E-state index in [2.05, 4.69) is 48.5 Å². The zero-order valence-corrected chi connectivity index (χ0v) is 23.6. The number of nitrogens with one attached hydrogen (secondary N) is 5. The maximum absolute atomic E-state index is 13.5. The highest BCUT2D eigenvalue weighted by atomic mass is 32.1. The van der Waals surface area contributed by atoms with Crippen LogP contribution in [0, 0.1) is 0 Å². The van der Waals surface area contributed by atoms with Gasteiger partial charge in [-0.1, -0.05) is 18.2 Å². The molecule has 42 heavy (non-hydrogen) atoms. The number of carboxylic acid groups (broad SMARTS) is 1. The van der Waals surface area contributed by atoms with E-state index >= 15 is 0 Å². The minimum atomic E-state index is -1.29. The number of benzene rings is 1. The van der Waals surface area contributed by atoms with Crippen LogP contribution in [0.5, 0.6) is 0 Å². The standard InChI is InChI=1S/C26H36N10O5S/c27-17(12-42)22(37)34-19(6-3-7-31-26(28)29)23(38)35-20(9-15-11-30-13-33-15)24(39)36-21(25(40)41)8-14-10-32-18-5-2-1-4-16(14)18/h1-2,4-5,10-11,13,17,19-21,32,42H,3,6-9,12,27H2,(H,30,33)(H,34,37)(H,35,38)(H,36,39)(H,40,41)(H4,28,29,31). The van der Waals surface area contributed by atoms with Crippen molar-refractivity contribution in [2.75, 3.05) is 12.3 Å². The number of H-pyrrole nitrogens is 2. The number of nitrogens with two attached hydrogens (primary N) is 3. The first-order valence-corrected chi connectivity index (χ1v) is 13.8. The number of nitrogens with zero attached hydrogens (tertiary/aromatic N) is 2. The molecule has 0 spiro atoms. The molecule has 3 rings (SSSR count). The van der Waals surface area contributed by atoms with E-state index in [1.807, 2.05) is 24.3 Å². The zero-order chi connectivity index (χ0) is 30.6. The molecule has 0 saturated carbocycles. The Hall–Kier alpha value is -4.57. The molecule has 1 aromatic carbocycles. The number of hydrogen-bond acceptors (Lipinski definition) is 8. The molecule has 0 aliphatic carbocycles. The van der Waals surface area contributed by atoms with Gasteiger partial charge in [0, 0.05) is 54.1 Å². The fraction of sp³-hybridized carbons (Fsp3) is 0.385. The Balaban J connectivity index is 1.78. The van der Waals surface area contributed by atoms with Crippen LogP contribution in [0.4, 0.5) is 0 Å². The Bertz CT molecular complexity index is 1390. The number of para-hydroxylation sites is 1. The quantitative estimate of drug-likeness (QED) is 0.0397. The van der Waals surface area contributed by atoms with Crippen LogP contribution in [0.3, 0.4) is 0 Å². The molecule has 2 heterocycles. The summed E-state index contributed by atoms with van der Waals surface area (Å²) in [5.74, 6) is -3.33. The predicted molar refractivity (Wildman–Crippen MR) is 159 cm³/mol. The van der Waals surface area contributed by atoms with Gasteiger partial charge in [0.2, 0.25) is 17.7 Å². The minimum Gasteiger partial charge on any atom is -0.480 e. The molecular weight excluding hydrogens is 564 g/mol. The zero-order valence-electron chi connectivity index (χ0n) is 22.7. The van der Waals surface area contributed by atoms with E-state index in [4.69, 9.17) is 17.2 Å². The average molecular weight is 601 g/mol. The van der Waals surface area contributed by atoms with Gasteiger partial charge in [-0.25, -0.2) is 9.78 Å². The molecule has 3 aromatic rings. The molecule has 0 fully saturated rings. The number of aliphatic imine (C=N–C) groups is 1. The van der Waals surface area contributed by atoms with Crippen molar-refractivity contribution in [2.45, 2.75) is 49.9 Å². The summed E-state index contributed by atoms with van der Waals surface area (Å²) in [6.45, 7) is 0.201. The average Bonchev–Trinajstić information content (AvgIpc) is 3.63. The summed E-state index contributed by atoms with van der Waals surface area (Å²) in [7, 11) is 0. The SMILES string of the molecule is NC(N)=NCCCC(NC(=O)C(N)CS)C(=O)NC(Cc1cnc[nH]1)C(=O)NC(Cc1c[nH]c2ccccc12)C(=O)O. The van der Waals surface area contributed by atoms with E-state index in [1.54, 1.807) is 6.20 Å². The van der Waals surface area contributed by atoms with Gasteiger partial charge in [0.15, 0.2) is 5.96 Å². The molecule has 15 nitrogen and oxygen atoms in total. The largest absolute Gasteiger partial charge is 0.480 e.